The van der Waals surface area contributed by atoms with Crippen LogP contribution in [0.4, 0.5) is 8.78 Å². The van der Waals surface area contributed by atoms with Gasteiger partial charge < -0.3 is 9.84 Å². The predicted octanol–water partition coefficient (Wildman–Crippen LogP) is 2.86. The van der Waals surface area contributed by atoms with Crippen LogP contribution in [0.2, 0.25) is 0 Å². The third-order valence-electron chi connectivity index (χ3n) is 2.74. The van der Waals surface area contributed by atoms with E-state index in [-0.39, 0.29) is 17.2 Å². The average molecular weight is 280 g/mol. The number of aromatic nitrogens is 2. The van der Waals surface area contributed by atoms with Crippen molar-refractivity contribution in [3.63, 3.8) is 0 Å². The molecule has 0 radical (unpaired) electrons. The second-order valence-electron chi connectivity index (χ2n) is 4.07. The lowest BCUT2D eigenvalue weighted by Crippen LogP contribution is -2.08. The first kappa shape index (κ1) is 13.9. The number of nitrogens with zero attached hydrogens (tertiary/aromatic N) is 2. The molecule has 0 aliphatic heterocycles. The Labute approximate surface area is 112 Å². The van der Waals surface area contributed by atoms with E-state index in [1.807, 2.05) is 0 Å². The van der Waals surface area contributed by atoms with Crippen LogP contribution in [0.3, 0.4) is 0 Å². The molecule has 2 aromatic rings. The zero-order valence-electron chi connectivity index (χ0n) is 10.6. The van der Waals surface area contributed by atoms with E-state index in [0.29, 0.717) is 11.3 Å². The Kier molecular flexibility index (Phi) is 3.60. The number of hydrogen-bond acceptors (Lipinski definition) is 4. The van der Waals surface area contributed by atoms with Gasteiger partial charge in [0.15, 0.2) is 11.6 Å². The summed E-state index contributed by atoms with van der Waals surface area (Å²) in [5, 5.41) is 16.6. The molecule has 1 aromatic heterocycles. The molecule has 0 aliphatic carbocycles. The van der Waals surface area contributed by atoms with Gasteiger partial charge in [0, 0.05) is 6.07 Å². The standard InChI is InChI=1S/C13H10F2N2O3/c1-6-7(2)16-17-12(11(6)13(18)19)20-8-3-4-9(14)10(15)5-8/h3-5H,1-2H3,(H,18,19). The van der Waals surface area contributed by atoms with Crippen molar-refractivity contribution in [2.45, 2.75) is 13.8 Å². The predicted molar refractivity (Wildman–Crippen MR) is 64.9 cm³/mol. The Morgan fingerprint density at radius 2 is 1.90 bits per heavy atom. The lowest BCUT2D eigenvalue weighted by molar-refractivity contribution is 0.0692. The molecule has 0 spiro atoms. The Morgan fingerprint density at radius 3 is 2.50 bits per heavy atom. The molecular formula is C13H10F2N2O3. The maximum absolute atomic E-state index is 13.1. The minimum atomic E-state index is -1.24. The number of aromatic carboxylic acids is 1. The summed E-state index contributed by atoms with van der Waals surface area (Å²) in [7, 11) is 0. The van der Waals surface area contributed by atoms with Crippen LogP contribution >= 0.6 is 0 Å². The fraction of sp³-hybridized carbons (Fsp3) is 0.154. The van der Waals surface area contributed by atoms with Gasteiger partial charge in [-0.3, -0.25) is 0 Å². The topological polar surface area (TPSA) is 72.3 Å². The van der Waals surface area contributed by atoms with E-state index in [2.05, 4.69) is 10.2 Å². The van der Waals surface area contributed by atoms with Crippen molar-refractivity contribution in [3.8, 4) is 11.6 Å². The lowest BCUT2D eigenvalue weighted by atomic mass is 10.1. The van der Waals surface area contributed by atoms with Crippen LogP contribution in [-0.2, 0) is 0 Å². The Hall–Kier alpha value is -2.57. The number of rotatable bonds is 3. The zero-order valence-corrected chi connectivity index (χ0v) is 10.6. The monoisotopic (exact) mass is 280 g/mol. The van der Waals surface area contributed by atoms with Gasteiger partial charge in [0.25, 0.3) is 5.88 Å². The first-order valence-corrected chi connectivity index (χ1v) is 5.60. The highest BCUT2D eigenvalue weighted by Gasteiger charge is 2.20. The van der Waals surface area contributed by atoms with Crippen LogP contribution in [-0.4, -0.2) is 21.3 Å². The van der Waals surface area contributed by atoms with Crippen molar-refractivity contribution in [2.24, 2.45) is 0 Å². The van der Waals surface area contributed by atoms with Crippen molar-refractivity contribution in [1.82, 2.24) is 10.2 Å². The van der Waals surface area contributed by atoms with E-state index in [1.54, 1.807) is 13.8 Å². The van der Waals surface area contributed by atoms with Gasteiger partial charge in [-0.05, 0) is 31.5 Å². The number of benzene rings is 1. The van der Waals surface area contributed by atoms with Crippen molar-refractivity contribution < 1.29 is 23.4 Å². The van der Waals surface area contributed by atoms with Gasteiger partial charge in [-0.15, -0.1) is 5.10 Å². The summed E-state index contributed by atoms with van der Waals surface area (Å²) in [6.45, 7) is 3.17. The molecule has 0 bridgehead atoms. The normalized spacial score (nSPS) is 10.4. The van der Waals surface area contributed by atoms with E-state index >= 15 is 0 Å². The third kappa shape index (κ3) is 2.56. The summed E-state index contributed by atoms with van der Waals surface area (Å²) >= 11 is 0. The highest BCUT2D eigenvalue weighted by molar-refractivity contribution is 5.92. The summed E-state index contributed by atoms with van der Waals surface area (Å²) < 4.78 is 31.1. The maximum Gasteiger partial charge on any atom is 0.341 e. The number of carboxylic acids is 1. The summed E-state index contributed by atoms with van der Waals surface area (Å²) in [6.07, 6.45) is 0. The largest absolute Gasteiger partial charge is 0.477 e. The molecule has 0 amide bonds. The third-order valence-corrected chi connectivity index (χ3v) is 2.74. The molecule has 1 aromatic carbocycles. The van der Waals surface area contributed by atoms with Gasteiger partial charge in [0.1, 0.15) is 11.3 Å². The zero-order chi connectivity index (χ0) is 14.9. The maximum atomic E-state index is 13.1. The molecule has 1 N–H and O–H groups in total. The molecule has 0 unspecified atom stereocenters. The minimum Gasteiger partial charge on any atom is -0.477 e. The molecule has 7 heteroatoms. The summed E-state index contributed by atoms with van der Waals surface area (Å²) in [5.74, 6) is -3.70. The highest BCUT2D eigenvalue weighted by atomic mass is 19.2. The summed E-state index contributed by atoms with van der Waals surface area (Å²) in [4.78, 5) is 11.2. The molecule has 0 atom stereocenters. The smallest absolute Gasteiger partial charge is 0.341 e. The molecule has 0 saturated heterocycles. The number of ether oxygens (including phenoxy) is 1. The Bertz CT molecular complexity index is 690. The summed E-state index contributed by atoms with van der Waals surface area (Å²) in [6, 6.07) is 2.85. The van der Waals surface area contributed by atoms with E-state index < -0.39 is 17.6 Å². The number of hydrogen-bond donors (Lipinski definition) is 1. The molecule has 0 saturated carbocycles. The van der Waals surface area contributed by atoms with Crippen LogP contribution in [0, 0.1) is 25.5 Å². The molecule has 20 heavy (non-hydrogen) atoms. The quantitative estimate of drug-likeness (QED) is 0.935. The van der Waals surface area contributed by atoms with Crippen LogP contribution in [0.1, 0.15) is 21.6 Å². The van der Waals surface area contributed by atoms with Gasteiger partial charge in [-0.1, -0.05) is 0 Å². The van der Waals surface area contributed by atoms with E-state index in [1.165, 1.54) is 6.07 Å². The Morgan fingerprint density at radius 1 is 1.20 bits per heavy atom. The fourth-order valence-corrected chi connectivity index (χ4v) is 1.56. The van der Waals surface area contributed by atoms with Gasteiger partial charge in [0.05, 0.1) is 5.69 Å². The molecular weight excluding hydrogens is 270 g/mol. The van der Waals surface area contributed by atoms with Crippen molar-refractivity contribution in [3.05, 3.63) is 46.7 Å². The number of aryl methyl sites for hydroxylation is 1. The van der Waals surface area contributed by atoms with Crippen LogP contribution in [0.5, 0.6) is 11.6 Å². The van der Waals surface area contributed by atoms with Crippen LogP contribution < -0.4 is 4.74 Å². The lowest BCUT2D eigenvalue weighted by Gasteiger charge is -2.10. The highest BCUT2D eigenvalue weighted by Crippen LogP contribution is 2.26. The number of halogens is 2. The molecule has 2 rings (SSSR count). The molecule has 104 valence electrons. The van der Waals surface area contributed by atoms with Gasteiger partial charge in [-0.2, -0.15) is 5.10 Å². The van der Waals surface area contributed by atoms with Crippen molar-refractivity contribution in [1.29, 1.82) is 0 Å². The average Bonchev–Trinajstić information content (AvgIpc) is 2.38. The van der Waals surface area contributed by atoms with Crippen LogP contribution in [0.15, 0.2) is 18.2 Å². The van der Waals surface area contributed by atoms with Gasteiger partial charge in [0.2, 0.25) is 0 Å². The number of carboxylic acid groups (broad SMARTS) is 1. The second-order valence-corrected chi connectivity index (χ2v) is 4.07. The van der Waals surface area contributed by atoms with Crippen molar-refractivity contribution in [2.75, 3.05) is 0 Å². The van der Waals surface area contributed by atoms with E-state index in [0.717, 1.165) is 12.1 Å². The van der Waals surface area contributed by atoms with E-state index in [9.17, 15) is 13.6 Å². The first-order chi connectivity index (χ1) is 9.40. The fourth-order valence-electron chi connectivity index (χ4n) is 1.56. The summed E-state index contributed by atoms with van der Waals surface area (Å²) in [5.41, 5.74) is 0.673. The molecule has 0 fully saturated rings. The first-order valence-electron chi connectivity index (χ1n) is 5.60. The van der Waals surface area contributed by atoms with Gasteiger partial charge in [-0.25, -0.2) is 13.6 Å². The Balaban J connectivity index is 2.45. The van der Waals surface area contributed by atoms with Gasteiger partial charge >= 0.3 is 5.97 Å². The molecule has 0 aliphatic rings. The minimum absolute atomic E-state index is 0.0658. The SMILES string of the molecule is Cc1nnc(Oc2ccc(F)c(F)c2)c(C(=O)O)c1C. The number of carbonyl (C=O) groups is 1. The van der Waals surface area contributed by atoms with Crippen LogP contribution in [0.25, 0.3) is 0 Å². The molecule has 5 nitrogen and oxygen atoms in total. The van der Waals surface area contributed by atoms with Crippen molar-refractivity contribution >= 4 is 5.97 Å². The molecule has 1 heterocycles. The second kappa shape index (κ2) is 5.20. The van der Waals surface area contributed by atoms with E-state index in [4.69, 9.17) is 9.84 Å².